The van der Waals surface area contributed by atoms with Gasteiger partial charge in [0.1, 0.15) is 5.75 Å². The van der Waals surface area contributed by atoms with Crippen molar-refractivity contribution < 1.29 is 9.47 Å². The topological polar surface area (TPSA) is 62.3 Å². The molecule has 0 fully saturated rings. The summed E-state index contributed by atoms with van der Waals surface area (Å²) in [4.78, 5) is 0. The van der Waals surface area contributed by atoms with Crippen molar-refractivity contribution in [3.8, 4) is 17.3 Å². The summed E-state index contributed by atoms with van der Waals surface area (Å²) in [5, 5.41) is 5.46. The van der Waals surface area contributed by atoms with Gasteiger partial charge in [-0.1, -0.05) is 24.6 Å². The Morgan fingerprint density at radius 3 is 2.81 bits per heavy atom. The fourth-order valence-electron chi connectivity index (χ4n) is 4.41. The lowest BCUT2D eigenvalue weighted by Crippen LogP contribution is -2.47. The first-order chi connectivity index (χ1) is 13.0. The minimum atomic E-state index is -0.280. The van der Waals surface area contributed by atoms with Crippen molar-refractivity contribution in [1.29, 1.82) is 0 Å². The number of halogens is 1. The second-order valence-corrected chi connectivity index (χ2v) is 7.87. The van der Waals surface area contributed by atoms with Gasteiger partial charge in [-0.3, -0.25) is 0 Å². The number of rotatable bonds is 1. The number of nitrogen functional groups attached to an aromatic ring is 1. The third-order valence-electron chi connectivity index (χ3n) is 5.83. The standard InChI is InChI=1S/C21H20ClN3O2/c1-12-19-20(25(24-12)16-5-3-4-14(22)8-16)27-11-13-10-26-18-7-6-15(23)9-17(18)21(13,19)2/h3-9,13H,10-11,23H2,1-2H3/t13-,21+/m1/s1. The number of anilines is 1. The van der Waals surface area contributed by atoms with Crippen molar-refractivity contribution in [2.24, 2.45) is 5.92 Å². The van der Waals surface area contributed by atoms with Crippen molar-refractivity contribution in [3.05, 3.63) is 64.3 Å². The summed E-state index contributed by atoms with van der Waals surface area (Å²) < 4.78 is 14.0. The molecule has 1 aromatic heterocycles. The van der Waals surface area contributed by atoms with Crippen LogP contribution < -0.4 is 15.2 Å². The largest absolute Gasteiger partial charge is 0.493 e. The van der Waals surface area contributed by atoms with Gasteiger partial charge in [-0.2, -0.15) is 5.10 Å². The second kappa shape index (κ2) is 5.67. The molecule has 2 aliphatic rings. The number of ether oxygens (including phenoxy) is 2. The number of aryl methyl sites for hydroxylation is 1. The first-order valence-corrected chi connectivity index (χ1v) is 9.38. The monoisotopic (exact) mass is 381 g/mol. The van der Waals surface area contributed by atoms with Crippen LogP contribution in [0, 0.1) is 12.8 Å². The summed E-state index contributed by atoms with van der Waals surface area (Å²) >= 11 is 6.19. The molecule has 3 heterocycles. The zero-order valence-corrected chi connectivity index (χ0v) is 16.0. The highest BCUT2D eigenvalue weighted by Crippen LogP contribution is 2.53. The first kappa shape index (κ1) is 16.5. The Kier molecular flexibility index (Phi) is 3.46. The maximum Gasteiger partial charge on any atom is 0.221 e. The van der Waals surface area contributed by atoms with Crippen molar-refractivity contribution in [1.82, 2.24) is 9.78 Å². The number of hydrogen-bond acceptors (Lipinski definition) is 4. The molecule has 0 saturated carbocycles. The van der Waals surface area contributed by atoms with E-state index in [0.29, 0.717) is 18.2 Å². The molecule has 0 radical (unpaired) electrons. The molecule has 2 N–H and O–H groups in total. The van der Waals surface area contributed by atoms with Crippen LogP contribution in [-0.4, -0.2) is 23.0 Å². The van der Waals surface area contributed by atoms with Crippen molar-refractivity contribution >= 4 is 17.3 Å². The highest BCUT2D eigenvalue weighted by Gasteiger charge is 2.50. The second-order valence-electron chi connectivity index (χ2n) is 7.43. The molecule has 3 aromatic rings. The minimum absolute atomic E-state index is 0.190. The van der Waals surface area contributed by atoms with Gasteiger partial charge in [-0.15, -0.1) is 0 Å². The molecule has 2 aliphatic heterocycles. The van der Waals surface area contributed by atoms with Crippen molar-refractivity contribution in [3.63, 3.8) is 0 Å². The maximum absolute atomic E-state index is 6.20. The molecule has 0 aliphatic carbocycles. The Hall–Kier alpha value is -2.66. The zero-order valence-electron chi connectivity index (χ0n) is 15.2. The Bertz CT molecular complexity index is 1060. The molecule has 27 heavy (non-hydrogen) atoms. The molecule has 0 saturated heterocycles. The third-order valence-corrected chi connectivity index (χ3v) is 6.07. The summed E-state index contributed by atoms with van der Waals surface area (Å²) in [6.07, 6.45) is 0. The van der Waals surface area contributed by atoms with E-state index in [4.69, 9.17) is 31.9 Å². The maximum atomic E-state index is 6.20. The summed E-state index contributed by atoms with van der Waals surface area (Å²) in [5.41, 5.74) is 10.6. The SMILES string of the molecule is Cc1nn(-c2cccc(Cl)c2)c2c1[C@]1(C)c3cc(N)ccc3OC[C@@H]1CO2. The van der Waals surface area contributed by atoms with Gasteiger partial charge >= 0.3 is 0 Å². The highest BCUT2D eigenvalue weighted by atomic mass is 35.5. The van der Waals surface area contributed by atoms with E-state index < -0.39 is 0 Å². The predicted molar refractivity (Wildman–Crippen MR) is 105 cm³/mol. The van der Waals surface area contributed by atoms with Crippen LogP contribution in [-0.2, 0) is 5.41 Å². The highest BCUT2D eigenvalue weighted by molar-refractivity contribution is 6.30. The fourth-order valence-corrected chi connectivity index (χ4v) is 4.59. The third kappa shape index (κ3) is 2.28. The van der Waals surface area contributed by atoms with E-state index in [-0.39, 0.29) is 11.3 Å². The van der Waals surface area contributed by atoms with Crippen LogP contribution in [0.4, 0.5) is 5.69 Å². The normalized spacial score (nSPS) is 22.9. The molecule has 6 heteroatoms. The molecule has 0 spiro atoms. The predicted octanol–water partition coefficient (Wildman–Crippen LogP) is 4.12. The Morgan fingerprint density at radius 2 is 2.00 bits per heavy atom. The molecule has 2 atom stereocenters. The smallest absolute Gasteiger partial charge is 0.221 e. The Balaban J connectivity index is 1.76. The molecular formula is C21H20ClN3O2. The average molecular weight is 382 g/mol. The average Bonchev–Trinajstić information content (AvgIpc) is 3.00. The van der Waals surface area contributed by atoms with Crippen LogP contribution in [0.2, 0.25) is 5.02 Å². The van der Waals surface area contributed by atoms with E-state index in [9.17, 15) is 0 Å². The van der Waals surface area contributed by atoms with Gasteiger partial charge in [0, 0.05) is 33.2 Å². The lowest BCUT2D eigenvalue weighted by Gasteiger charge is -2.45. The van der Waals surface area contributed by atoms with Crippen LogP contribution in [0.1, 0.15) is 23.7 Å². The number of nitrogens with zero attached hydrogens (tertiary/aromatic N) is 2. The Labute approximate surface area is 162 Å². The van der Waals surface area contributed by atoms with Crippen molar-refractivity contribution in [2.75, 3.05) is 18.9 Å². The van der Waals surface area contributed by atoms with Gasteiger partial charge in [0.15, 0.2) is 0 Å². The van der Waals surface area contributed by atoms with E-state index in [1.807, 2.05) is 54.1 Å². The molecule has 5 rings (SSSR count). The van der Waals surface area contributed by atoms with E-state index in [1.54, 1.807) is 0 Å². The molecule has 5 nitrogen and oxygen atoms in total. The summed E-state index contributed by atoms with van der Waals surface area (Å²) in [6.45, 7) is 5.44. The quantitative estimate of drug-likeness (QED) is 0.644. The van der Waals surface area contributed by atoms with Gasteiger partial charge in [0.25, 0.3) is 0 Å². The zero-order chi connectivity index (χ0) is 18.8. The van der Waals surface area contributed by atoms with Gasteiger partial charge in [-0.05, 0) is 43.3 Å². The van der Waals surface area contributed by atoms with Gasteiger partial charge in [0.05, 0.1) is 24.6 Å². The van der Waals surface area contributed by atoms with E-state index >= 15 is 0 Å². The van der Waals surface area contributed by atoms with E-state index in [2.05, 4.69) is 6.92 Å². The number of fused-ring (bicyclic) bond motifs is 5. The Morgan fingerprint density at radius 1 is 1.19 bits per heavy atom. The van der Waals surface area contributed by atoms with Crippen LogP contribution in [0.3, 0.4) is 0 Å². The molecule has 138 valence electrons. The summed E-state index contributed by atoms with van der Waals surface area (Å²) in [5.74, 6) is 1.84. The summed E-state index contributed by atoms with van der Waals surface area (Å²) in [7, 11) is 0. The van der Waals surface area contributed by atoms with Crippen LogP contribution in [0.25, 0.3) is 5.69 Å². The molecule has 0 amide bonds. The van der Waals surface area contributed by atoms with E-state index in [0.717, 1.165) is 39.8 Å². The number of nitrogens with two attached hydrogens (primary N) is 1. The lowest BCUT2D eigenvalue weighted by molar-refractivity contribution is 0.0827. The summed E-state index contributed by atoms with van der Waals surface area (Å²) in [6, 6.07) is 13.5. The molecular weight excluding hydrogens is 362 g/mol. The van der Waals surface area contributed by atoms with Gasteiger partial charge < -0.3 is 15.2 Å². The fraction of sp³-hybridized carbons (Fsp3) is 0.286. The minimum Gasteiger partial charge on any atom is -0.493 e. The van der Waals surface area contributed by atoms with Gasteiger partial charge in [-0.25, -0.2) is 4.68 Å². The number of benzene rings is 2. The van der Waals surface area contributed by atoms with Crippen LogP contribution >= 0.6 is 11.6 Å². The molecule has 2 aromatic carbocycles. The lowest BCUT2D eigenvalue weighted by atomic mass is 9.65. The van der Waals surface area contributed by atoms with Crippen LogP contribution in [0.15, 0.2) is 42.5 Å². The van der Waals surface area contributed by atoms with E-state index in [1.165, 1.54) is 0 Å². The first-order valence-electron chi connectivity index (χ1n) is 9.00. The van der Waals surface area contributed by atoms with Gasteiger partial charge in [0.2, 0.25) is 5.88 Å². The molecule has 0 unspecified atom stereocenters. The van der Waals surface area contributed by atoms with Crippen molar-refractivity contribution in [2.45, 2.75) is 19.3 Å². The number of hydrogen-bond donors (Lipinski definition) is 1. The number of aromatic nitrogens is 2. The van der Waals surface area contributed by atoms with Crippen LogP contribution in [0.5, 0.6) is 11.6 Å². The molecule has 0 bridgehead atoms.